The van der Waals surface area contributed by atoms with Crippen molar-refractivity contribution in [3.05, 3.63) is 92.9 Å². The van der Waals surface area contributed by atoms with E-state index in [-0.39, 0.29) is 23.4 Å². The van der Waals surface area contributed by atoms with Crippen LogP contribution in [-0.2, 0) is 26.2 Å². The van der Waals surface area contributed by atoms with E-state index in [1.165, 1.54) is 17.0 Å². The van der Waals surface area contributed by atoms with Crippen LogP contribution >= 0.6 is 39.1 Å². The second kappa shape index (κ2) is 14.1. The van der Waals surface area contributed by atoms with E-state index in [1.54, 1.807) is 60.7 Å². The lowest BCUT2D eigenvalue weighted by atomic mass is 10.1. The van der Waals surface area contributed by atoms with E-state index >= 15 is 0 Å². The van der Waals surface area contributed by atoms with Crippen LogP contribution in [0.25, 0.3) is 0 Å². The lowest BCUT2D eigenvalue weighted by Crippen LogP contribution is -2.53. The number of hydrogen-bond donors (Lipinski definition) is 1. The van der Waals surface area contributed by atoms with Crippen LogP contribution < -0.4 is 9.62 Å². The molecule has 7 nitrogen and oxygen atoms in total. The fraction of sp³-hybridized carbons (Fsp3) is 0.333. The summed E-state index contributed by atoms with van der Waals surface area (Å²) in [5.74, 6) is -0.777. The highest BCUT2D eigenvalue weighted by molar-refractivity contribution is 9.10. The molecule has 1 aliphatic rings. The van der Waals surface area contributed by atoms with E-state index in [1.807, 2.05) is 6.92 Å². The monoisotopic (exact) mass is 679 g/mol. The summed E-state index contributed by atoms with van der Waals surface area (Å²) >= 11 is 15.8. The number of benzene rings is 3. The first-order valence-electron chi connectivity index (χ1n) is 13.5. The van der Waals surface area contributed by atoms with Crippen molar-refractivity contribution >= 4 is 66.7 Å². The van der Waals surface area contributed by atoms with E-state index in [9.17, 15) is 18.0 Å². The van der Waals surface area contributed by atoms with E-state index < -0.39 is 28.5 Å². The molecule has 41 heavy (non-hydrogen) atoms. The SMILES string of the molecule is CCC(C(=O)NC1CCCC1)N(Cc1ccc(Cl)c(Cl)c1)C(=O)CN(c1ccc(Br)cc1)S(=O)(=O)c1ccccc1. The first-order chi connectivity index (χ1) is 19.6. The van der Waals surface area contributed by atoms with Crippen molar-refractivity contribution < 1.29 is 18.0 Å². The number of hydrogen-bond acceptors (Lipinski definition) is 4. The molecule has 1 atom stereocenters. The standard InChI is InChI=1S/C30H32BrCl2N3O4S/c1-2-28(30(38)34-23-8-6-7-9-23)35(19-21-12-17-26(32)27(33)18-21)29(37)20-36(24-15-13-22(31)14-16-24)41(39,40)25-10-4-3-5-11-25/h3-5,10-18,23,28H,2,6-9,19-20H2,1H3,(H,34,38). The van der Waals surface area contributed by atoms with Gasteiger partial charge in [-0.3, -0.25) is 13.9 Å². The maximum absolute atomic E-state index is 14.1. The van der Waals surface area contributed by atoms with E-state index in [4.69, 9.17) is 23.2 Å². The van der Waals surface area contributed by atoms with Crippen molar-refractivity contribution in [2.75, 3.05) is 10.8 Å². The smallest absolute Gasteiger partial charge is 0.264 e. The molecule has 1 saturated carbocycles. The second-order valence-corrected chi connectivity index (χ2v) is 13.6. The maximum Gasteiger partial charge on any atom is 0.264 e. The van der Waals surface area contributed by atoms with Crippen LogP contribution in [0.4, 0.5) is 5.69 Å². The minimum atomic E-state index is -4.12. The van der Waals surface area contributed by atoms with Gasteiger partial charge in [-0.1, -0.05) is 83.2 Å². The van der Waals surface area contributed by atoms with Gasteiger partial charge in [0.1, 0.15) is 12.6 Å². The zero-order valence-corrected chi connectivity index (χ0v) is 26.5. The fourth-order valence-corrected chi connectivity index (χ4v) is 7.00. The van der Waals surface area contributed by atoms with Crippen molar-refractivity contribution in [2.45, 2.75) is 62.6 Å². The molecule has 11 heteroatoms. The Morgan fingerprint density at radius 2 is 1.63 bits per heavy atom. The third kappa shape index (κ3) is 7.83. The predicted molar refractivity (Wildman–Crippen MR) is 167 cm³/mol. The van der Waals surface area contributed by atoms with Gasteiger partial charge in [0, 0.05) is 17.1 Å². The van der Waals surface area contributed by atoms with Crippen molar-refractivity contribution in [3.8, 4) is 0 Å². The van der Waals surface area contributed by atoms with Gasteiger partial charge in [-0.2, -0.15) is 0 Å². The van der Waals surface area contributed by atoms with Gasteiger partial charge in [0.15, 0.2) is 0 Å². The molecule has 4 rings (SSSR count). The molecule has 0 aromatic heterocycles. The summed E-state index contributed by atoms with van der Waals surface area (Å²) in [7, 11) is -4.12. The molecule has 1 N–H and O–H groups in total. The molecule has 1 unspecified atom stereocenters. The molecule has 1 fully saturated rings. The summed E-state index contributed by atoms with van der Waals surface area (Å²) in [6.07, 6.45) is 4.24. The van der Waals surface area contributed by atoms with Gasteiger partial charge >= 0.3 is 0 Å². The van der Waals surface area contributed by atoms with Gasteiger partial charge < -0.3 is 10.2 Å². The van der Waals surface area contributed by atoms with Gasteiger partial charge in [-0.05, 0) is 73.4 Å². The summed E-state index contributed by atoms with van der Waals surface area (Å²) in [6.45, 7) is 1.38. The molecule has 1 aliphatic carbocycles. The van der Waals surface area contributed by atoms with Gasteiger partial charge in [-0.25, -0.2) is 8.42 Å². The minimum absolute atomic E-state index is 0.0475. The number of carbonyl (C=O) groups is 2. The summed E-state index contributed by atoms with van der Waals surface area (Å²) in [5, 5.41) is 3.79. The molecule has 0 radical (unpaired) electrons. The zero-order chi connectivity index (χ0) is 29.6. The van der Waals surface area contributed by atoms with Crippen molar-refractivity contribution in [2.24, 2.45) is 0 Å². The third-order valence-corrected chi connectivity index (χ3v) is 10.2. The van der Waals surface area contributed by atoms with Crippen LogP contribution in [0, 0.1) is 0 Å². The van der Waals surface area contributed by atoms with Gasteiger partial charge in [-0.15, -0.1) is 0 Å². The number of nitrogens with zero attached hydrogens (tertiary/aromatic N) is 2. The highest BCUT2D eigenvalue weighted by Crippen LogP contribution is 2.28. The van der Waals surface area contributed by atoms with Crippen LogP contribution in [-0.4, -0.2) is 43.8 Å². The third-order valence-electron chi connectivity index (χ3n) is 7.15. The Hall–Kier alpha value is -2.59. The highest BCUT2D eigenvalue weighted by Gasteiger charge is 2.34. The Labute approximate surface area is 260 Å². The van der Waals surface area contributed by atoms with Crippen molar-refractivity contribution in [3.63, 3.8) is 0 Å². The number of carbonyl (C=O) groups excluding carboxylic acids is 2. The second-order valence-electron chi connectivity index (χ2n) is 9.99. The van der Waals surface area contributed by atoms with Gasteiger partial charge in [0.05, 0.1) is 20.6 Å². The Kier molecular flexibility index (Phi) is 10.7. The average Bonchev–Trinajstić information content (AvgIpc) is 3.47. The van der Waals surface area contributed by atoms with Crippen molar-refractivity contribution in [1.82, 2.24) is 10.2 Å². The lowest BCUT2D eigenvalue weighted by Gasteiger charge is -2.34. The number of halogens is 3. The zero-order valence-electron chi connectivity index (χ0n) is 22.6. The number of anilines is 1. The van der Waals surface area contributed by atoms with Crippen LogP contribution in [0.2, 0.25) is 10.0 Å². The van der Waals surface area contributed by atoms with Crippen LogP contribution in [0.3, 0.4) is 0 Å². The van der Waals surface area contributed by atoms with E-state index in [2.05, 4.69) is 21.2 Å². The van der Waals surface area contributed by atoms with Gasteiger partial charge in [0.25, 0.3) is 10.0 Å². The highest BCUT2D eigenvalue weighted by atomic mass is 79.9. The molecule has 2 amide bonds. The Bertz CT molecular complexity index is 1470. The molecular weight excluding hydrogens is 649 g/mol. The summed E-state index contributed by atoms with van der Waals surface area (Å²) in [5.41, 5.74) is 0.990. The van der Waals surface area contributed by atoms with Crippen LogP contribution in [0.1, 0.15) is 44.6 Å². The Morgan fingerprint density at radius 1 is 0.976 bits per heavy atom. The molecule has 0 saturated heterocycles. The largest absolute Gasteiger partial charge is 0.352 e. The number of sulfonamides is 1. The molecule has 0 aliphatic heterocycles. The average molecular weight is 681 g/mol. The number of amides is 2. The van der Waals surface area contributed by atoms with Crippen LogP contribution in [0.5, 0.6) is 0 Å². The van der Waals surface area contributed by atoms with Gasteiger partial charge in [0.2, 0.25) is 11.8 Å². The molecule has 0 spiro atoms. The van der Waals surface area contributed by atoms with E-state index in [0.717, 1.165) is 34.5 Å². The molecule has 0 heterocycles. The first-order valence-corrected chi connectivity index (χ1v) is 16.5. The molecule has 3 aromatic carbocycles. The first kappa shape index (κ1) is 31.3. The Morgan fingerprint density at radius 3 is 2.24 bits per heavy atom. The minimum Gasteiger partial charge on any atom is -0.352 e. The number of rotatable bonds is 11. The summed E-state index contributed by atoms with van der Waals surface area (Å²) in [6, 6.07) is 18.9. The molecule has 3 aromatic rings. The predicted octanol–water partition coefficient (Wildman–Crippen LogP) is 6.82. The van der Waals surface area contributed by atoms with E-state index in [0.29, 0.717) is 27.7 Å². The number of nitrogens with one attached hydrogen (secondary N) is 1. The van der Waals surface area contributed by atoms with Crippen LogP contribution in [0.15, 0.2) is 82.2 Å². The summed E-state index contributed by atoms with van der Waals surface area (Å²) < 4.78 is 29.6. The molecule has 0 bridgehead atoms. The quantitative estimate of drug-likeness (QED) is 0.241. The molecule has 218 valence electrons. The fourth-order valence-electron chi connectivity index (χ4n) is 4.98. The molecular formula is C30H32BrCl2N3O4S. The topological polar surface area (TPSA) is 86.8 Å². The van der Waals surface area contributed by atoms with Crippen molar-refractivity contribution in [1.29, 1.82) is 0 Å². The lowest BCUT2D eigenvalue weighted by molar-refractivity contribution is -0.140. The summed E-state index contributed by atoms with van der Waals surface area (Å²) in [4.78, 5) is 29.1. The maximum atomic E-state index is 14.1. The Balaban J connectivity index is 1.71. The normalized spacial score (nSPS) is 14.4.